The molecule has 3 heteroatoms. The lowest BCUT2D eigenvalue weighted by Crippen LogP contribution is -2.27. The van der Waals surface area contributed by atoms with Crippen molar-refractivity contribution in [1.29, 1.82) is 0 Å². The molecule has 0 rings (SSSR count). The van der Waals surface area contributed by atoms with E-state index in [4.69, 9.17) is 0 Å². The fourth-order valence-corrected chi connectivity index (χ4v) is 2.34. The molecule has 0 fully saturated rings. The van der Waals surface area contributed by atoms with Crippen molar-refractivity contribution in [3.8, 4) is 0 Å². The van der Waals surface area contributed by atoms with E-state index in [-0.39, 0.29) is 5.91 Å². The number of hydrogen-bond acceptors (Lipinski definition) is 1. The van der Waals surface area contributed by atoms with Crippen molar-refractivity contribution in [3.63, 3.8) is 0 Å². The van der Waals surface area contributed by atoms with Crippen molar-refractivity contribution < 1.29 is 4.79 Å². The quantitative estimate of drug-likeness (QED) is 0.507. The van der Waals surface area contributed by atoms with Crippen molar-refractivity contribution in [2.24, 2.45) is 0 Å². The largest absolute Gasteiger partial charge is 0.355 e. The lowest BCUT2D eigenvalue weighted by Gasteiger charge is -2.16. The van der Waals surface area contributed by atoms with Crippen LogP contribution in [0.3, 0.4) is 0 Å². The molecule has 1 amide bonds. The van der Waals surface area contributed by atoms with Crippen molar-refractivity contribution >= 4 is 14.0 Å². The molecule has 0 bridgehead atoms. The summed E-state index contributed by atoms with van der Waals surface area (Å²) >= 11 is 0. The first-order valence-electron chi connectivity index (χ1n) is 3.76. The van der Waals surface area contributed by atoms with Crippen molar-refractivity contribution in [2.75, 3.05) is 7.05 Å². The Hall–Kier alpha value is -0.573. The molecule has 0 atom stereocenters. The van der Waals surface area contributed by atoms with Crippen LogP contribution in [-0.4, -0.2) is 21.0 Å². The van der Waals surface area contributed by atoms with Gasteiger partial charge in [-0.3, -0.25) is 4.79 Å². The third kappa shape index (κ3) is 4.78. The van der Waals surface area contributed by atoms with E-state index in [0.29, 0.717) is 5.57 Å². The lowest BCUT2D eigenvalue weighted by molar-refractivity contribution is -0.116. The van der Waals surface area contributed by atoms with Crippen LogP contribution in [0.4, 0.5) is 0 Å². The van der Waals surface area contributed by atoms with E-state index in [9.17, 15) is 4.79 Å². The Kier molecular flexibility index (Phi) is 3.52. The number of rotatable bonds is 3. The SMILES string of the molecule is C=C(C[Si](C)(C)C)C(=O)NC. The van der Waals surface area contributed by atoms with Crippen LogP contribution in [-0.2, 0) is 4.79 Å². The van der Waals surface area contributed by atoms with Gasteiger partial charge in [-0.2, -0.15) is 0 Å². The molecule has 0 heterocycles. The molecule has 0 aliphatic carbocycles. The van der Waals surface area contributed by atoms with Crippen LogP contribution in [0.5, 0.6) is 0 Å². The molecule has 64 valence electrons. The average Bonchev–Trinajstić information content (AvgIpc) is 1.82. The highest BCUT2D eigenvalue weighted by atomic mass is 28.3. The maximum Gasteiger partial charge on any atom is 0.246 e. The predicted octanol–water partition coefficient (Wildman–Crippen LogP) is 1.63. The Morgan fingerprint density at radius 2 is 1.91 bits per heavy atom. The first kappa shape index (κ1) is 10.4. The number of amides is 1. The van der Waals surface area contributed by atoms with Gasteiger partial charge in [0.2, 0.25) is 5.91 Å². The third-order valence-corrected chi connectivity index (χ3v) is 2.78. The molecule has 0 radical (unpaired) electrons. The van der Waals surface area contributed by atoms with E-state index in [1.54, 1.807) is 7.05 Å². The third-order valence-electron chi connectivity index (χ3n) is 1.29. The highest BCUT2D eigenvalue weighted by Crippen LogP contribution is 2.14. The van der Waals surface area contributed by atoms with E-state index in [1.165, 1.54) is 0 Å². The zero-order valence-electron chi connectivity index (χ0n) is 7.82. The topological polar surface area (TPSA) is 29.1 Å². The second-order valence-electron chi connectivity index (χ2n) is 3.92. The zero-order valence-corrected chi connectivity index (χ0v) is 8.82. The molecule has 1 N–H and O–H groups in total. The number of nitrogens with one attached hydrogen (secondary N) is 1. The first-order chi connectivity index (χ1) is 4.87. The van der Waals surface area contributed by atoms with Gasteiger partial charge in [0.1, 0.15) is 0 Å². The maximum atomic E-state index is 11.0. The van der Waals surface area contributed by atoms with Crippen LogP contribution in [0.15, 0.2) is 12.2 Å². The van der Waals surface area contributed by atoms with Crippen LogP contribution >= 0.6 is 0 Å². The fourth-order valence-electron chi connectivity index (χ4n) is 0.897. The Morgan fingerprint density at radius 3 is 2.18 bits per heavy atom. The minimum absolute atomic E-state index is 0.0209. The number of likely N-dealkylation sites (N-methyl/N-ethyl adjacent to an activating group) is 1. The molecule has 0 saturated carbocycles. The summed E-state index contributed by atoms with van der Waals surface area (Å²) in [6.45, 7) is 10.4. The normalized spacial score (nSPS) is 10.9. The van der Waals surface area contributed by atoms with Crippen LogP contribution in [0.1, 0.15) is 0 Å². The number of carbonyl (C=O) groups is 1. The smallest absolute Gasteiger partial charge is 0.246 e. The van der Waals surface area contributed by atoms with Gasteiger partial charge in [-0.15, -0.1) is 0 Å². The first-order valence-corrected chi connectivity index (χ1v) is 7.47. The average molecular weight is 171 g/mol. The maximum absolute atomic E-state index is 11.0. The van der Waals surface area contributed by atoms with E-state index in [2.05, 4.69) is 31.5 Å². The molecular formula is C8H17NOSi. The molecule has 0 saturated heterocycles. The molecule has 0 aromatic heterocycles. The van der Waals surface area contributed by atoms with Gasteiger partial charge in [-0.1, -0.05) is 26.2 Å². The van der Waals surface area contributed by atoms with Crippen LogP contribution < -0.4 is 5.32 Å². The van der Waals surface area contributed by atoms with Crippen molar-refractivity contribution in [1.82, 2.24) is 5.32 Å². The molecule has 2 nitrogen and oxygen atoms in total. The van der Waals surface area contributed by atoms with E-state index in [0.717, 1.165) is 6.04 Å². The Balaban J connectivity index is 3.99. The van der Waals surface area contributed by atoms with E-state index >= 15 is 0 Å². The van der Waals surface area contributed by atoms with Gasteiger partial charge in [0.25, 0.3) is 0 Å². The molecule has 0 aromatic rings. The minimum Gasteiger partial charge on any atom is -0.355 e. The summed E-state index contributed by atoms with van der Waals surface area (Å²) in [5, 5.41) is 2.57. The van der Waals surface area contributed by atoms with Gasteiger partial charge in [0.15, 0.2) is 0 Å². The molecule has 0 spiro atoms. The van der Waals surface area contributed by atoms with Gasteiger partial charge in [0.05, 0.1) is 0 Å². The van der Waals surface area contributed by atoms with Crippen LogP contribution in [0, 0.1) is 0 Å². The molecule has 11 heavy (non-hydrogen) atoms. The minimum atomic E-state index is -1.16. The second kappa shape index (κ2) is 3.71. The van der Waals surface area contributed by atoms with Crippen molar-refractivity contribution in [2.45, 2.75) is 25.7 Å². The van der Waals surface area contributed by atoms with Gasteiger partial charge in [-0.05, 0) is 6.04 Å². The summed E-state index contributed by atoms with van der Waals surface area (Å²) in [6, 6.07) is 0.882. The van der Waals surface area contributed by atoms with E-state index < -0.39 is 8.07 Å². The van der Waals surface area contributed by atoms with Gasteiger partial charge < -0.3 is 5.32 Å². The summed E-state index contributed by atoms with van der Waals surface area (Å²) in [5.74, 6) is -0.0209. The molecular weight excluding hydrogens is 154 g/mol. The standard InChI is InChI=1S/C8H17NOSi/c1-7(8(10)9-2)6-11(3,4)5/h1,6H2,2-5H3,(H,9,10). The highest BCUT2D eigenvalue weighted by molar-refractivity contribution is 6.77. The highest BCUT2D eigenvalue weighted by Gasteiger charge is 2.17. The number of carbonyl (C=O) groups excluding carboxylic acids is 1. The molecule has 0 unspecified atom stereocenters. The summed E-state index contributed by atoms with van der Waals surface area (Å²) in [4.78, 5) is 11.0. The Bertz CT molecular complexity index is 169. The fraction of sp³-hybridized carbons (Fsp3) is 0.625. The molecule has 0 aliphatic rings. The summed E-state index contributed by atoms with van der Waals surface area (Å²) < 4.78 is 0. The van der Waals surface area contributed by atoms with Crippen LogP contribution in [0.25, 0.3) is 0 Å². The van der Waals surface area contributed by atoms with Gasteiger partial charge in [0, 0.05) is 20.7 Å². The summed E-state index contributed by atoms with van der Waals surface area (Å²) in [6.07, 6.45) is 0. The monoisotopic (exact) mass is 171 g/mol. The Morgan fingerprint density at radius 1 is 1.45 bits per heavy atom. The number of hydrogen-bond donors (Lipinski definition) is 1. The van der Waals surface area contributed by atoms with Gasteiger partial charge >= 0.3 is 0 Å². The van der Waals surface area contributed by atoms with Gasteiger partial charge in [-0.25, -0.2) is 0 Å². The lowest BCUT2D eigenvalue weighted by atomic mass is 10.3. The molecule has 0 aliphatic heterocycles. The second-order valence-corrected chi connectivity index (χ2v) is 9.39. The van der Waals surface area contributed by atoms with Crippen molar-refractivity contribution in [3.05, 3.63) is 12.2 Å². The summed E-state index contributed by atoms with van der Waals surface area (Å²) in [7, 11) is 0.477. The predicted molar refractivity (Wildman–Crippen MR) is 51.4 cm³/mol. The van der Waals surface area contributed by atoms with E-state index in [1.807, 2.05) is 0 Å². The summed E-state index contributed by atoms with van der Waals surface area (Å²) in [5.41, 5.74) is 0.715. The molecule has 0 aromatic carbocycles. The Labute approximate surface area is 69.7 Å². The van der Waals surface area contributed by atoms with Crippen LogP contribution in [0.2, 0.25) is 25.7 Å². The zero-order chi connectivity index (χ0) is 9.07.